The predicted octanol–water partition coefficient (Wildman–Crippen LogP) is 0.624. The summed E-state index contributed by atoms with van der Waals surface area (Å²) >= 11 is 0. The molecule has 0 aliphatic heterocycles. The second-order valence-corrected chi connectivity index (χ2v) is 5.17. The highest BCUT2D eigenvalue weighted by Crippen LogP contribution is 2.18. The Morgan fingerprint density at radius 2 is 2.00 bits per heavy atom. The molecule has 1 rings (SSSR count). The fraction of sp³-hybridized carbons (Fsp3) is 0.400. The van der Waals surface area contributed by atoms with Crippen molar-refractivity contribution in [1.82, 2.24) is 0 Å². The van der Waals surface area contributed by atoms with Crippen LogP contribution in [0.15, 0.2) is 23.1 Å². The van der Waals surface area contributed by atoms with E-state index in [9.17, 15) is 12.8 Å². The monoisotopic (exact) mass is 261 g/mol. The molecule has 0 unspecified atom stereocenters. The fourth-order valence-corrected chi connectivity index (χ4v) is 1.83. The van der Waals surface area contributed by atoms with Crippen molar-refractivity contribution in [2.24, 2.45) is 10.9 Å². The molecule has 1 aromatic carbocycles. The summed E-state index contributed by atoms with van der Waals surface area (Å²) in [5, 5.41) is 7.75. The zero-order valence-electron chi connectivity index (χ0n) is 9.32. The summed E-state index contributed by atoms with van der Waals surface area (Å²) in [4.78, 5) is -0.234. The van der Waals surface area contributed by atoms with Gasteiger partial charge in [-0.15, -0.1) is 0 Å². The summed E-state index contributed by atoms with van der Waals surface area (Å²) in [7, 11) is -3.86. The smallest absolute Gasteiger partial charge is 0.238 e. The van der Waals surface area contributed by atoms with Crippen LogP contribution in [0.2, 0.25) is 0 Å². The maximum atomic E-state index is 13.5. The van der Waals surface area contributed by atoms with Crippen molar-refractivity contribution < 1.29 is 12.8 Å². The van der Waals surface area contributed by atoms with E-state index in [4.69, 9.17) is 10.9 Å². The van der Waals surface area contributed by atoms with Gasteiger partial charge in [0.05, 0.1) is 10.6 Å². The van der Waals surface area contributed by atoms with Gasteiger partial charge < -0.3 is 11.1 Å². The number of halogens is 1. The zero-order valence-corrected chi connectivity index (χ0v) is 10.1. The molecule has 0 saturated heterocycles. The first-order valence-corrected chi connectivity index (χ1v) is 6.76. The summed E-state index contributed by atoms with van der Waals surface area (Å²) < 4.78 is 35.4. The molecule has 0 aliphatic carbocycles. The fourth-order valence-electron chi connectivity index (χ4n) is 1.31. The van der Waals surface area contributed by atoms with Crippen LogP contribution in [0, 0.1) is 5.82 Å². The average Bonchev–Trinajstić information content (AvgIpc) is 2.24. The molecule has 0 amide bonds. The van der Waals surface area contributed by atoms with E-state index >= 15 is 0 Å². The van der Waals surface area contributed by atoms with Crippen LogP contribution in [0.3, 0.4) is 0 Å². The molecule has 1 aromatic rings. The lowest BCUT2D eigenvalue weighted by atomic mass is 10.2. The molecule has 96 valence electrons. The lowest BCUT2D eigenvalue weighted by molar-refractivity contribution is 0.592. The summed E-state index contributed by atoms with van der Waals surface area (Å²) in [5.41, 5.74) is 5.58. The number of benzene rings is 1. The van der Waals surface area contributed by atoms with Crippen LogP contribution in [-0.2, 0) is 10.0 Å². The Labute approximate surface area is 100 Å². The minimum atomic E-state index is -3.86. The molecule has 0 fully saturated rings. The predicted molar refractivity (Wildman–Crippen MR) is 64.6 cm³/mol. The van der Waals surface area contributed by atoms with Gasteiger partial charge in [0.2, 0.25) is 10.0 Å². The first-order chi connectivity index (χ1) is 7.95. The molecular formula is C10H16FN3O2S. The number of sulfonamides is 1. The second-order valence-electron chi connectivity index (χ2n) is 3.61. The standard InChI is InChI=1S/C10H16FN3O2S/c11-9-7-8(17(13,15)16)3-4-10(9)14-6-2-1-5-12/h3-4,7,14H,1-2,5-6,12H2,(H2,13,15,16). The van der Waals surface area contributed by atoms with Crippen LogP contribution in [0.5, 0.6) is 0 Å². The maximum Gasteiger partial charge on any atom is 0.238 e. The molecule has 7 heteroatoms. The number of nitrogens with two attached hydrogens (primary N) is 2. The highest BCUT2D eigenvalue weighted by Gasteiger charge is 2.10. The highest BCUT2D eigenvalue weighted by molar-refractivity contribution is 7.89. The summed E-state index contributed by atoms with van der Waals surface area (Å²) in [6, 6.07) is 3.53. The molecule has 0 heterocycles. The van der Waals surface area contributed by atoms with E-state index < -0.39 is 15.8 Å². The van der Waals surface area contributed by atoms with Crippen molar-refractivity contribution in [1.29, 1.82) is 0 Å². The first-order valence-electron chi connectivity index (χ1n) is 5.21. The van der Waals surface area contributed by atoms with E-state index in [-0.39, 0.29) is 10.6 Å². The topological polar surface area (TPSA) is 98.2 Å². The summed E-state index contributed by atoms with van der Waals surface area (Å²) in [6.45, 7) is 1.18. The van der Waals surface area contributed by atoms with Gasteiger partial charge in [0, 0.05) is 6.54 Å². The number of primary sulfonamides is 1. The van der Waals surface area contributed by atoms with Crippen LogP contribution < -0.4 is 16.2 Å². The number of anilines is 1. The Hall–Kier alpha value is -1.18. The average molecular weight is 261 g/mol. The Bertz CT molecular complexity index is 476. The molecular weight excluding hydrogens is 245 g/mol. The van der Waals surface area contributed by atoms with E-state index in [1.807, 2.05) is 0 Å². The van der Waals surface area contributed by atoms with Crippen molar-refractivity contribution in [3.8, 4) is 0 Å². The number of unbranched alkanes of at least 4 members (excludes halogenated alkanes) is 1. The molecule has 5 N–H and O–H groups in total. The van der Waals surface area contributed by atoms with Crippen LogP contribution in [-0.4, -0.2) is 21.5 Å². The van der Waals surface area contributed by atoms with Gasteiger partial charge >= 0.3 is 0 Å². The Kier molecular flexibility index (Phi) is 4.86. The molecule has 0 aromatic heterocycles. The third kappa shape index (κ3) is 4.29. The minimum Gasteiger partial charge on any atom is -0.383 e. The quantitative estimate of drug-likeness (QED) is 0.654. The van der Waals surface area contributed by atoms with Crippen LogP contribution in [0.1, 0.15) is 12.8 Å². The van der Waals surface area contributed by atoms with Crippen LogP contribution in [0.25, 0.3) is 0 Å². The second kappa shape index (κ2) is 5.95. The van der Waals surface area contributed by atoms with Crippen molar-refractivity contribution in [3.05, 3.63) is 24.0 Å². The van der Waals surface area contributed by atoms with Crippen LogP contribution >= 0.6 is 0 Å². The number of nitrogens with one attached hydrogen (secondary N) is 1. The van der Waals surface area contributed by atoms with Gasteiger partial charge in [-0.2, -0.15) is 0 Å². The largest absolute Gasteiger partial charge is 0.383 e. The van der Waals surface area contributed by atoms with Gasteiger partial charge in [-0.3, -0.25) is 0 Å². The Morgan fingerprint density at radius 1 is 1.29 bits per heavy atom. The highest BCUT2D eigenvalue weighted by atomic mass is 32.2. The van der Waals surface area contributed by atoms with E-state index in [0.717, 1.165) is 18.9 Å². The van der Waals surface area contributed by atoms with Crippen LogP contribution in [0.4, 0.5) is 10.1 Å². The third-order valence-corrected chi connectivity index (χ3v) is 3.13. The van der Waals surface area contributed by atoms with E-state index in [1.165, 1.54) is 12.1 Å². The molecule has 0 radical (unpaired) electrons. The maximum absolute atomic E-state index is 13.5. The number of hydrogen-bond donors (Lipinski definition) is 3. The first kappa shape index (κ1) is 13.9. The molecule has 0 spiro atoms. The zero-order chi connectivity index (χ0) is 12.9. The van der Waals surface area contributed by atoms with Gasteiger partial charge in [0.25, 0.3) is 0 Å². The molecule has 0 atom stereocenters. The van der Waals surface area contributed by atoms with Crippen molar-refractivity contribution in [3.63, 3.8) is 0 Å². The molecule has 0 saturated carbocycles. The Morgan fingerprint density at radius 3 is 2.53 bits per heavy atom. The van der Waals surface area contributed by atoms with Crippen molar-refractivity contribution in [2.75, 3.05) is 18.4 Å². The summed E-state index contributed by atoms with van der Waals surface area (Å²) in [6.07, 6.45) is 1.68. The molecule has 17 heavy (non-hydrogen) atoms. The Balaban J connectivity index is 2.70. The van der Waals surface area contributed by atoms with E-state index in [2.05, 4.69) is 5.32 Å². The minimum absolute atomic E-state index is 0.234. The van der Waals surface area contributed by atoms with E-state index in [0.29, 0.717) is 13.1 Å². The third-order valence-electron chi connectivity index (χ3n) is 2.22. The van der Waals surface area contributed by atoms with Gasteiger partial charge in [-0.1, -0.05) is 0 Å². The van der Waals surface area contributed by atoms with Gasteiger partial charge in [-0.25, -0.2) is 17.9 Å². The SMILES string of the molecule is NCCCCNc1ccc(S(N)(=O)=O)cc1F. The van der Waals surface area contributed by atoms with Gasteiger partial charge in [0.15, 0.2) is 0 Å². The number of rotatable bonds is 6. The molecule has 0 aliphatic rings. The molecule has 0 bridgehead atoms. The van der Waals surface area contributed by atoms with Gasteiger partial charge in [-0.05, 0) is 37.6 Å². The van der Waals surface area contributed by atoms with Crippen molar-refractivity contribution >= 4 is 15.7 Å². The van der Waals surface area contributed by atoms with Gasteiger partial charge in [0.1, 0.15) is 5.82 Å². The number of hydrogen-bond acceptors (Lipinski definition) is 4. The lowest BCUT2D eigenvalue weighted by Gasteiger charge is -2.08. The normalized spacial score (nSPS) is 11.5. The molecule has 5 nitrogen and oxygen atoms in total. The lowest BCUT2D eigenvalue weighted by Crippen LogP contribution is -2.13. The van der Waals surface area contributed by atoms with E-state index in [1.54, 1.807) is 0 Å². The van der Waals surface area contributed by atoms with Crippen molar-refractivity contribution in [2.45, 2.75) is 17.7 Å². The summed E-state index contributed by atoms with van der Waals surface area (Å²) in [5.74, 6) is -0.635.